The fourth-order valence-electron chi connectivity index (χ4n) is 4.10. The van der Waals surface area contributed by atoms with E-state index in [9.17, 15) is 4.79 Å². The zero-order chi connectivity index (χ0) is 21.0. The molecule has 0 bridgehead atoms. The molecular weight excluding hydrogens is 380 g/mol. The van der Waals surface area contributed by atoms with Gasteiger partial charge >= 0.3 is 0 Å². The quantitative estimate of drug-likeness (QED) is 0.725. The molecule has 0 aromatic heterocycles. The summed E-state index contributed by atoms with van der Waals surface area (Å²) in [5, 5.41) is 2.99. The first-order chi connectivity index (χ1) is 14.5. The summed E-state index contributed by atoms with van der Waals surface area (Å²) in [6, 6.07) is 14.1. The SMILES string of the molecule is CC1(C)Cc2cccc(OCC(=O)NCc3ccccc3C[NH+]3CCOCC3)c2O1. The van der Waals surface area contributed by atoms with Crippen LogP contribution in [0.15, 0.2) is 42.5 Å². The average Bonchev–Trinajstić information content (AvgIpc) is 3.06. The van der Waals surface area contributed by atoms with Gasteiger partial charge in [0.25, 0.3) is 5.91 Å². The highest BCUT2D eigenvalue weighted by molar-refractivity contribution is 5.77. The van der Waals surface area contributed by atoms with E-state index in [0.29, 0.717) is 12.3 Å². The molecule has 160 valence electrons. The molecule has 0 saturated carbocycles. The van der Waals surface area contributed by atoms with E-state index in [-0.39, 0.29) is 18.1 Å². The van der Waals surface area contributed by atoms with Gasteiger partial charge in [-0.3, -0.25) is 4.79 Å². The minimum atomic E-state index is -0.240. The smallest absolute Gasteiger partial charge is 0.258 e. The van der Waals surface area contributed by atoms with Crippen LogP contribution in [-0.2, 0) is 29.0 Å². The summed E-state index contributed by atoms with van der Waals surface area (Å²) in [6.45, 7) is 9.21. The normalized spacial score (nSPS) is 17.8. The third-order valence-electron chi connectivity index (χ3n) is 5.65. The first-order valence-corrected chi connectivity index (χ1v) is 10.7. The lowest BCUT2D eigenvalue weighted by molar-refractivity contribution is -0.921. The maximum Gasteiger partial charge on any atom is 0.258 e. The molecule has 6 nitrogen and oxygen atoms in total. The van der Waals surface area contributed by atoms with E-state index in [1.807, 2.05) is 24.3 Å². The lowest BCUT2D eigenvalue weighted by Gasteiger charge is -2.24. The van der Waals surface area contributed by atoms with Crippen molar-refractivity contribution < 1.29 is 23.9 Å². The maximum absolute atomic E-state index is 12.4. The number of nitrogens with one attached hydrogen (secondary N) is 2. The van der Waals surface area contributed by atoms with Gasteiger partial charge in [-0.2, -0.15) is 0 Å². The van der Waals surface area contributed by atoms with Crippen molar-refractivity contribution in [2.45, 2.75) is 39.0 Å². The van der Waals surface area contributed by atoms with E-state index < -0.39 is 0 Å². The maximum atomic E-state index is 12.4. The Morgan fingerprint density at radius 1 is 1.10 bits per heavy atom. The van der Waals surface area contributed by atoms with Crippen molar-refractivity contribution >= 4 is 5.91 Å². The largest absolute Gasteiger partial charge is 0.483 e. The van der Waals surface area contributed by atoms with E-state index in [4.69, 9.17) is 14.2 Å². The third-order valence-corrected chi connectivity index (χ3v) is 5.65. The van der Waals surface area contributed by atoms with Gasteiger partial charge in [-0.05, 0) is 25.5 Å². The standard InChI is InChI=1S/C24H30N2O4/c1-24(2)14-18-8-5-9-21(23(18)30-24)29-17-22(27)25-15-19-6-3-4-7-20(19)16-26-10-12-28-13-11-26/h3-9H,10-17H2,1-2H3,(H,25,27)/p+1. The molecule has 0 aliphatic carbocycles. The molecule has 4 rings (SSSR count). The van der Waals surface area contributed by atoms with Crippen LogP contribution < -0.4 is 19.7 Å². The Labute approximate surface area is 178 Å². The van der Waals surface area contributed by atoms with Crippen molar-refractivity contribution in [3.63, 3.8) is 0 Å². The number of hydrogen-bond donors (Lipinski definition) is 2. The highest BCUT2D eigenvalue weighted by Crippen LogP contribution is 2.41. The fraction of sp³-hybridized carbons (Fsp3) is 0.458. The van der Waals surface area contributed by atoms with Gasteiger partial charge in [-0.25, -0.2) is 0 Å². The van der Waals surface area contributed by atoms with Crippen molar-refractivity contribution in [1.29, 1.82) is 0 Å². The molecule has 1 saturated heterocycles. The van der Waals surface area contributed by atoms with Crippen molar-refractivity contribution in [1.82, 2.24) is 5.32 Å². The molecule has 0 unspecified atom stereocenters. The Bertz CT molecular complexity index is 891. The number of rotatable bonds is 7. The third kappa shape index (κ3) is 5.12. The Kier molecular flexibility index (Phi) is 6.25. The van der Waals surface area contributed by atoms with Crippen LogP contribution >= 0.6 is 0 Å². The number of carbonyl (C=O) groups excluding carboxylic acids is 1. The number of ether oxygens (including phenoxy) is 3. The van der Waals surface area contributed by atoms with E-state index in [2.05, 4.69) is 37.4 Å². The van der Waals surface area contributed by atoms with Gasteiger partial charge in [0.2, 0.25) is 0 Å². The fourth-order valence-corrected chi connectivity index (χ4v) is 4.10. The van der Waals surface area contributed by atoms with E-state index in [1.54, 1.807) is 0 Å². The van der Waals surface area contributed by atoms with Gasteiger partial charge in [-0.1, -0.05) is 36.4 Å². The van der Waals surface area contributed by atoms with Crippen molar-refractivity contribution in [2.75, 3.05) is 32.9 Å². The van der Waals surface area contributed by atoms with Gasteiger partial charge in [0, 0.05) is 24.1 Å². The minimum absolute atomic E-state index is 0.0306. The Balaban J connectivity index is 1.31. The van der Waals surface area contributed by atoms with E-state index in [0.717, 1.165) is 56.1 Å². The molecule has 2 N–H and O–H groups in total. The lowest BCUT2D eigenvalue weighted by atomic mass is 10.0. The second kappa shape index (κ2) is 9.06. The molecular formula is C24H31N2O4+. The van der Waals surface area contributed by atoms with Crippen LogP contribution in [0.4, 0.5) is 0 Å². The van der Waals surface area contributed by atoms with Crippen LogP contribution in [0, 0.1) is 0 Å². The topological polar surface area (TPSA) is 61.2 Å². The number of amides is 1. The molecule has 30 heavy (non-hydrogen) atoms. The van der Waals surface area contributed by atoms with Crippen LogP contribution in [0.3, 0.4) is 0 Å². The second-order valence-corrected chi connectivity index (χ2v) is 8.66. The van der Waals surface area contributed by atoms with Crippen molar-refractivity contribution in [3.05, 3.63) is 59.2 Å². The molecule has 6 heteroatoms. The summed E-state index contributed by atoms with van der Waals surface area (Å²) >= 11 is 0. The summed E-state index contributed by atoms with van der Waals surface area (Å²) in [7, 11) is 0. The molecule has 2 heterocycles. The highest BCUT2D eigenvalue weighted by atomic mass is 16.5. The number of para-hydroxylation sites is 1. The van der Waals surface area contributed by atoms with Crippen LogP contribution in [0.1, 0.15) is 30.5 Å². The average molecular weight is 412 g/mol. The van der Waals surface area contributed by atoms with Gasteiger partial charge in [0.15, 0.2) is 18.1 Å². The summed E-state index contributed by atoms with van der Waals surface area (Å²) < 4.78 is 17.2. The monoisotopic (exact) mass is 411 g/mol. The van der Waals surface area contributed by atoms with Crippen molar-refractivity contribution in [2.24, 2.45) is 0 Å². The summed E-state index contributed by atoms with van der Waals surface area (Å²) in [6.07, 6.45) is 0.841. The van der Waals surface area contributed by atoms with Gasteiger partial charge in [0.1, 0.15) is 25.2 Å². The van der Waals surface area contributed by atoms with Gasteiger partial charge in [-0.15, -0.1) is 0 Å². The van der Waals surface area contributed by atoms with Crippen LogP contribution in [-0.4, -0.2) is 44.4 Å². The predicted octanol–water partition coefficient (Wildman–Crippen LogP) is 1.51. The molecule has 2 aliphatic heterocycles. The highest BCUT2D eigenvalue weighted by Gasteiger charge is 2.32. The summed E-state index contributed by atoms with van der Waals surface area (Å²) in [5.74, 6) is 1.25. The molecule has 1 fully saturated rings. The molecule has 0 radical (unpaired) electrons. The van der Waals surface area contributed by atoms with Crippen molar-refractivity contribution in [3.8, 4) is 11.5 Å². The number of benzene rings is 2. The lowest BCUT2D eigenvalue weighted by Crippen LogP contribution is -3.12. The first kappa shape index (κ1) is 20.7. The number of quaternary nitrogens is 1. The molecule has 0 spiro atoms. The van der Waals surface area contributed by atoms with Gasteiger partial charge in [0.05, 0.1) is 13.2 Å². The summed E-state index contributed by atoms with van der Waals surface area (Å²) in [4.78, 5) is 13.9. The Morgan fingerprint density at radius 2 is 1.87 bits per heavy atom. The summed E-state index contributed by atoms with van der Waals surface area (Å²) in [5.41, 5.74) is 3.30. The molecule has 1 amide bonds. The number of carbonyl (C=O) groups is 1. The van der Waals surface area contributed by atoms with Crippen LogP contribution in [0.5, 0.6) is 11.5 Å². The number of hydrogen-bond acceptors (Lipinski definition) is 4. The van der Waals surface area contributed by atoms with Crippen LogP contribution in [0.25, 0.3) is 0 Å². The molecule has 2 aromatic rings. The predicted molar refractivity (Wildman–Crippen MR) is 114 cm³/mol. The van der Waals surface area contributed by atoms with E-state index >= 15 is 0 Å². The molecule has 0 atom stereocenters. The Morgan fingerprint density at radius 3 is 2.67 bits per heavy atom. The first-order valence-electron chi connectivity index (χ1n) is 10.7. The number of fused-ring (bicyclic) bond motifs is 1. The minimum Gasteiger partial charge on any atom is -0.483 e. The zero-order valence-electron chi connectivity index (χ0n) is 17.8. The number of morpholine rings is 1. The van der Waals surface area contributed by atoms with Gasteiger partial charge < -0.3 is 24.4 Å². The van der Waals surface area contributed by atoms with Crippen LogP contribution in [0.2, 0.25) is 0 Å². The Hall–Kier alpha value is -2.57. The molecule has 2 aromatic carbocycles. The second-order valence-electron chi connectivity index (χ2n) is 8.66. The van der Waals surface area contributed by atoms with E-state index in [1.165, 1.54) is 10.5 Å². The molecule has 2 aliphatic rings. The zero-order valence-corrected chi connectivity index (χ0v) is 17.8.